The Morgan fingerprint density at radius 1 is 0.283 bits per heavy atom. The van der Waals surface area contributed by atoms with Crippen molar-refractivity contribution < 1.29 is 0 Å². The molecule has 0 fully saturated rings. The number of hydrogen-bond acceptors (Lipinski definition) is 5. The molecular weight excluding hydrogens is 731 g/mol. The van der Waals surface area contributed by atoms with E-state index in [0.29, 0.717) is 0 Å². The second-order valence-electron chi connectivity index (χ2n) is 14.9. The largest absolute Gasteiger partial charge is 0.256 e. The molecule has 11 aromatic rings. The fraction of sp³-hybridized carbons (Fsp3) is 0. The van der Waals surface area contributed by atoms with E-state index in [2.05, 4.69) is 163 Å². The van der Waals surface area contributed by atoms with Crippen LogP contribution < -0.4 is 0 Å². The third kappa shape index (κ3) is 6.54. The van der Waals surface area contributed by atoms with Crippen molar-refractivity contribution in [3.05, 3.63) is 213 Å². The normalized spacial score (nSPS) is 11.3. The molecule has 0 radical (unpaired) electrons. The van der Waals surface area contributed by atoms with Crippen LogP contribution >= 0.6 is 0 Å². The van der Waals surface area contributed by atoms with Gasteiger partial charge < -0.3 is 0 Å². The third-order valence-electron chi connectivity index (χ3n) is 11.2. The van der Waals surface area contributed by atoms with Gasteiger partial charge in [-0.15, -0.1) is 0 Å². The van der Waals surface area contributed by atoms with Gasteiger partial charge >= 0.3 is 0 Å². The molecule has 280 valence electrons. The van der Waals surface area contributed by atoms with E-state index in [4.69, 9.17) is 19.9 Å². The maximum atomic E-state index is 5.30. The van der Waals surface area contributed by atoms with E-state index in [9.17, 15) is 0 Å². The highest BCUT2D eigenvalue weighted by atomic mass is 14.8. The number of rotatable bonds is 7. The molecule has 0 spiro atoms. The van der Waals surface area contributed by atoms with Crippen LogP contribution in [-0.2, 0) is 0 Å². The molecule has 0 bridgehead atoms. The lowest BCUT2D eigenvalue weighted by Gasteiger charge is -2.13. The summed E-state index contributed by atoms with van der Waals surface area (Å²) in [6, 6.07) is 69.4. The molecule has 0 aliphatic rings. The summed E-state index contributed by atoms with van der Waals surface area (Å²) in [6.07, 6.45) is 3.75. The monoisotopic (exact) mass is 765 g/mol. The van der Waals surface area contributed by atoms with Crippen LogP contribution in [0.1, 0.15) is 0 Å². The van der Waals surface area contributed by atoms with Gasteiger partial charge in [0.25, 0.3) is 0 Å². The van der Waals surface area contributed by atoms with Crippen molar-refractivity contribution in [2.75, 3.05) is 0 Å². The molecular formula is C55H35N5. The quantitative estimate of drug-likeness (QED) is 0.119. The summed E-state index contributed by atoms with van der Waals surface area (Å²) in [5.74, 6) is 0. The lowest BCUT2D eigenvalue weighted by atomic mass is 9.95. The molecule has 11 rings (SSSR count). The Morgan fingerprint density at radius 3 is 1.62 bits per heavy atom. The zero-order valence-electron chi connectivity index (χ0n) is 32.4. The molecule has 60 heavy (non-hydrogen) atoms. The molecule has 5 nitrogen and oxygen atoms in total. The second kappa shape index (κ2) is 15.0. The van der Waals surface area contributed by atoms with Crippen molar-refractivity contribution in [2.24, 2.45) is 0 Å². The van der Waals surface area contributed by atoms with E-state index in [1.807, 2.05) is 54.9 Å². The minimum absolute atomic E-state index is 0.804. The number of nitrogens with zero attached hydrogens (tertiary/aromatic N) is 5. The summed E-state index contributed by atoms with van der Waals surface area (Å²) in [4.78, 5) is 25.1. The van der Waals surface area contributed by atoms with Crippen molar-refractivity contribution in [3.63, 3.8) is 0 Å². The fourth-order valence-electron chi connectivity index (χ4n) is 8.12. The molecule has 0 saturated carbocycles. The lowest BCUT2D eigenvalue weighted by molar-refractivity contribution is 1.25. The first-order chi connectivity index (χ1) is 29.7. The Morgan fingerprint density at radius 2 is 0.883 bits per heavy atom. The summed E-state index contributed by atoms with van der Waals surface area (Å²) in [5.41, 5.74) is 16.8. The van der Waals surface area contributed by atoms with E-state index in [1.54, 1.807) is 0 Å². The van der Waals surface area contributed by atoms with Gasteiger partial charge in [0.1, 0.15) is 0 Å². The van der Waals surface area contributed by atoms with Gasteiger partial charge in [0.2, 0.25) is 0 Å². The first kappa shape index (κ1) is 35.0. The Bertz CT molecular complexity index is 3210. The van der Waals surface area contributed by atoms with Crippen molar-refractivity contribution >= 4 is 32.7 Å². The predicted molar refractivity (Wildman–Crippen MR) is 246 cm³/mol. The van der Waals surface area contributed by atoms with E-state index in [0.717, 1.165) is 106 Å². The van der Waals surface area contributed by atoms with E-state index in [-0.39, 0.29) is 0 Å². The second-order valence-corrected chi connectivity index (χ2v) is 14.9. The topological polar surface area (TPSA) is 64.5 Å². The maximum Gasteiger partial charge on any atom is 0.0978 e. The highest BCUT2D eigenvalue weighted by Crippen LogP contribution is 2.38. The van der Waals surface area contributed by atoms with Gasteiger partial charge in [-0.3, -0.25) is 9.97 Å². The van der Waals surface area contributed by atoms with Gasteiger partial charge in [-0.2, -0.15) is 0 Å². The fourth-order valence-corrected chi connectivity index (χ4v) is 8.12. The number of aromatic nitrogens is 5. The molecule has 0 aliphatic heterocycles. The lowest BCUT2D eigenvalue weighted by Crippen LogP contribution is -1.94. The summed E-state index contributed by atoms with van der Waals surface area (Å²) >= 11 is 0. The van der Waals surface area contributed by atoms with Gasteiger partial charge in [0, 0.05) is 56.4 Å². The van der Waals surface area contributed by atoms with Crippen molar-refractivity contribution in [1.29, 1.82) is 0 Å². The summed E-state index contributed by atoms with van der Waals surface area (Å²) < 4.78 is 0. The van der Waals surface area contributed by atoms with Crippen LogP contribution in [0.3, 0.4) is 0 Å². The van der Waals surface area contributed by atoms with Gasteiger partial charge in [0.05, 0.1) is 45.0 Å². The summed E-state index contributed by atoms with van der Waals surface area (Å²) in [6.45, 7) is 0. The molecule has 5 heteroatoms. The van der Waals surface area contributed by atoms with Crippen LogP contribution in [0.2, 0.25) is 0 Å². The molecule has 0 atom stereocenters. The van der Waals surface area contributed by atoms with Crippen LogP contribution in [0.5, 0.6) is 0 Å². The van der Waals surface area contributed by atoms with Crippen molar-refractivity contribution in [2.45, 2.75) is 0 Å². The number of benzene rings is 6. The minimum atomic E-state index is 0.804. The molecule has 0 saturated heterocycles. The molecule has 0 unspecified atom stereocenters. The van der Waals surface area contributed by atoms with Crippen LogP contribution in [0.15, 0.2) is 213 Å². The number of pyridine rings is 5. The Hall–Kier alpha value is -8.15. The van der Waals surface area contributed by atoms with Gasteiger partial charge in [-0.25, -0.2) is 15.0 Å². The summed E-state index contributed by atoms with van der Waals surface area (Å²) in [7, 11) is 0. The SMILES string of the molecule is c1ccc(-c2ccc(-c3cc(-c4ccc(-c5ccc6ccc7c(-c8ccccc8)c8ccccc8nc7c6n5)cc4)cc(-c4ccc(-c5ccccn5)cc4)n3)nc2)cc1. The zero-order valence-corrected chi connectivity index (χ0v) is 32.4. The molecule has 6 aromatic carbocycles. The molecule has 0 amide bonds. The van der Waals surface area contributed by atoms with E-state index in [1.165, 1.54) is 5.56 Å². The van der Waals surface area contributed by atoms with Crippen molar-refractivity contribution in [3.8, 4) is 78.5 Å². The predicted octanol–water partition coefficient (Wildman–Crippen LogP) is 13.8. The highest BCUT2D eigenvalue weighted by molar-refractivity contribution is 6.16. The smallest absolute Gasteiger partial charge is 0.0978 e. The minimum Gasteiger partial charge on any atom is -0.256 e. The van der Waals surface area contributed by atoms with Crippen LogP contribution in [0.25, 0.3) is 111 Å². The zero-order chi connectivity index (χ0) is 39.8. The Balaban J connectivity index is 0.987. The average molecular weight is 766 g/mol. The standard InChI is InChI=1S/C55H35N5/c1-3-11-36(12-4-1)43-28-31-50(57-35-43)52-34-44(33-51(58-52)40-24-22-38(23-25-40)47-16-9-10-32-56-47)37-18-20-39(21-19-37)48-30-27-42-26-29-46-53(41-13-5-2-6-14-41)45-15-7-8-17-49(45)60-55(46)54(42)59-48/h1-35H. The average Bonchev–Trinajstić information content (AvgIpc) is 3.34. The third-order valence-corrected chi connectivity index (χ3v) is 11.2. The number of fused-ring (bicyclic) bond motifs is 4. The maximum absolute atomic E-state index is 5.30. The number of hydrogen-bond donors (Lipinski definition) is 0. The summed E-state index contributed by atoms with van der Waals surface area (Å²) in [5, 5.41) is 3.28. The van der Waals surface area contributed by atoms with Crippen LogP contribution in [-0.4, -0.2) is 24.9 Å². The van der Waals surface area contributed by atoms with Gasteiger partial charge in [0.15, 0.2) is 0 Å². The van der Waals surface area contributed by atoms with Crippen LogP contribution in [0, 0.1) is 0 Å². The van der Waals surface area contributed by atoms with Crippen molar-refractivity contribution in [1.82, 2.24) is 24.9 Å². The number of para-hydroxylation sites is 1. The Labute approximate surface area is 347 Å². The Kier molecular flexibility index (Phi) is 8.75. The molecule has 5 aromatic heterocycles. The van der Waals surface area contributed by atoms with E-state index < -0.39 is 0 Å². The van der Waals surface area contributed by atoms with Crippen LogP contribution in [0.4, 0.5) is 0 Å². The molecule has 0 N–H and O–H groups in total. The first-order valence-electron chi connectivity index (χ1n) is 20.1. The molecule has 5 heterocycles. The highest BCUT2D eigenvalue weighted by Gasteiger charge is 2.16. The van der Waals surface area contributed by atoms with E-state index >= 15 is 0 Å². The first-order valence-corrected chi connectivity index (χ1v) is 20.1. The van der Waals surface area contributed by atoms with Gasteiger partial charge in [-0.1, -0.05) is 158 Å². The molecule has 0 aliphatic carbocycles. The van der Waals surface area contributed by atoms with Gasteiger partial charge in [-0.05, 0) is 64.7 Å².